The van der Waals surface area contributed by atoms with Crippen LogP contribution in [-0.2, 0) is 0 Å². The summed E-state index contributed by atoms with van der Waals surface area (Å²) in [5, 5.41) is 7.76. The SMILES string of the molecule is CCC(=N)c1c(C)cccc1C. The van der Waals surface area contributed by atoms with Crippen LogP contribution < -0.4 is 0 Å². The highest BCUT2D eigenvalue weighted by molar-refractivity contribution is 6.00. The van der Waals surface area contributed by atoms with Crippen LogP contribution in [0.2, 0.25) is 0 Å². The van der Waals surface area contributed by atoms with Gasteiger partial charge in [-0.25, -0.2) is 0 Å². The number of benzene rings is 1. The third-order valence-electron chi connectivity index (χ3n) is 2.14. The maximum absolute atomic E-state index is 7.76. The molecule has 0 atom stereocenters. The van der Waals surface area contributed by atoms with Gasteiger partial charge in [-0.1, -0.05) is 25.1 Å². The highest BCUT2D eigenvalue weighted by atomic mass is 14.4. The first-order valence-electron chi connectivity index (χ1n) is 4.30. The van der Waals surface area contributed by atoms with E-state index in [-0.39, 0.29) is 0 Å². The molecule has 0 heterocycles. The fraction of sp³-hybridized carbons (Fsp3) is 0.364. The molecule has 0 bridgehead atoms. The van der Waals surface area contributed by atoms with E-state index in [0.29, 0.717) is 0 Å². The maximum atomic E-state index is 7.76. The van der Waals surface area contributed by atoms with Gasteiger partial charge in [0.25, 0.3) is 0 Å². The molecule has 1 rings (SSSR count). The second kappa shape index (κ2) is 3.53. The first kappa shape index (κ1) is 8.98. The van der Waals surface area contributed by atoms with Crippen molar-refractivity contribution in [3.8, 4) is 0 Å². The Hall–Kier alpha value is -1.11. The number of hydrogen-bond donors (Lipinski definition) is 1. The second-order valence-corrected chi connectivity index (χ2v) is 3.10. The van der Waals surface area contributed by atoms with Gasteiger partial charge in [0.2, 0.25) is 0 Å². The van der Waals surface area contributed by atoms with E-state index in [9.17, 15) is 0 Å². The van der Waals surface area contributed by atoms with Crippen LogP contribution in [0.25, 0.3) is 0 Å². The third-order valence-corrected chi connectivity index (χ3v) is 2.14. The van der Waals surface area contributed by atoms with Crippen molar-refractivity contribution in [2.75, 3.05) is 0 Å². The normalized spacial score (nSPS) is 9.92. The van der Waals surface area contributed by atoms with Gasteiger partial charge in [-0.05, 0) is 31.4 Å². The lowest BCUT2D eigenvalue weighted by molar-refractivity contribution is 1.21. The predicted octanol–water partition coefficient (Wildman–Crippen LogP) is 3.08. The monoisotopic (exact) mass is 161 g/mol. The van der Waals surface area contributed by atoms with Crippen molar-refractivity contribution in [1.29, 1.82) is 5.41 Å². The minimum atomic E-state index is 0.741. The van der Waals surface area contributed by atoms with Crippen LogP contribution in [0, 0.1) is 19.3 Å². The van der Waals surface area contributed by atoms with Gasteiger partial charge < -0.3 is 5.41 Å². The molecule has 0 aliphatic rings. The van der Waals surface area contributed by atoms with Crippen LogP contribution in [0.3, 0.4) is 0 Å². The highest BCUT2D eigenvalue weighted by Crippen LogP contribution is 2.14. The zero-order chi connectivity index (χ0) is 9.14. The summed E-state index contributed by atoms with van der Waals surface area (Å²) >= 11 is 0. The van der Waals surface area contributed by atoms with Gasteiger partial charge in [-0.15, -0.1) is 0 Å². The fourth-order valence-electron chi connectivity index (χ4n) is 1.47. The second-order valence-electron chi connectivity index (χ2n) is 3.10. The Labute approximate surface area is 73.9 Å². The molecule has 0 fully saturated rings. The number of hydrogen-bond acceptors (Lipinski definition) is 1. The lowest BCUT2D eigenvalue weighted by Crippen LogP contribution is -2.02. The molecule has 0 saturated carbocycles. The van der Waals surface area contributed by atoms with Gasteiger partial charge in [0.15, 0.2) is 0 Å². The molecule has 0 amide bonds. The minimum Gasteiger partial charge on any atom is -0.305 e. The van der Waals surface area contributed by atoms with E-state index in [4.69, 9.17) is 5.41 Å². The summed E-state index contributed by atoms with van der Waals surface area (Å²) in [6.45, 7) is 6.15. The van der Waals surface area contributed by atoms with E-state index in [0.717, 1.165) is 17.7 Å². The molecule has 0 unspecified atom stereocenters. The molecule has 1 aromatic carbocycles. The van der Waals surface area contributed by atoms with Crippen LogP contribution in [0.15, 0.2) is 18.2 Å². The van der Waals surface area contributed by atoms with Crippen molar-refractivity contribution >= 4 is 5.71 Å². The average Bonchev–Trinajstić information content (AvgIpc) is 2.03. The standard InChI is InChI=1S/C11H15N/c1-4-10(12)11-8(2)6-5-7-9(11)3/h5-7,12H,4H2,1-3H3. The first-order chi connectivity index (χ1) is 5.66. The Kier molecular flexibility index (Phi) is 2.64. The Balaban J connectivity index is 3.21. The van der Waals surface area contributed by atoms with E-state index in [2.05, 4.69) is 26.0 Å². The van der Waals surface area contributed by atoms with Crippen molar-refractivity contribution < 1.29 is 0 Å². The molecule has 1 heteroatoms. The average molecular weight is 161 g/mol. The van der Waals surface area contributed by atoms with Crippen molar-refractivity contribution in [1.82, 2.24) is 0 Å². The molecule has 0 aromatic heterocycles. The molecular formula is C11H15N. The van der Waals surface area contributed by atoms with Crippen molar-refractivity contribution in [2.45, 2.75) is 27.2 Å². The number of rotatable bonds is 2. The Morgan fingerprint density at radius 2 is 1.75 bits per heavy atom. The predicted molar refractivity (Wildman–Crippen MR) is 53.0 cm³/mol. The molecule has 0 radical (unpaired) electrons. The summed E-state index contributed by atoms with van der Waals surface area (Å²) in [6, 6.07) is 6.16. The zero-order valence-corrected chi connectivity index (χ0v) is 7.94. The Morgan fingerprint density at radius 1 is 1.25 bits per heavy atom. The topological polar surface area (TPSA) is 23.9 Å². The molecule has 0 aliphatic heterocycles. The smallest absolute Gasteiger partial charge is 0.0388 e. The van der Waals surface area contributed by atoms with Gasteiger partial charge in [0, 0.05) is 11.3 Å². The summed E-state index contributed by atoms with van der Waals surface area (Å²) in [5.74, 6) is 0. The van der Waals surface area contributed by atoms with Gasteiger partial charge in [-0.2, -0.15) is 0 Å². The van der Waals surface area contributed by atoms with Crippen LogP contribution in [-0.4, -0.2) is 5.71 Å². The number of nitrogens with one attached hydrogen (secondary N) is 1. The van der Waals surface area contributed by atoms with Gasteiger partial charge in [-0.3, -0.25) is 0 Å². The van der Waals surface area contributed by atoms with E-state index in [1.165, 1.54) is 11.1 Å². The third kappa shape index (κ3) is 1.55. The Bertz CT molecular complexity index is 280. The zero-order valence-electron chi connectivity index (χ0n) is 7.94. The Morgan fingerprint density at radius 3 is 2.17 bits per heavy atom. The van der Waals surface area contributed by atoms with Crippen LogP contribution in [0.1, 0.15) is 30.0 Å². The van der Waals surface area contributed by atoms with Gasteiger partial charge >= 0.3 is 0 Å². The summed E-state index contributed by atoms with van der Waals surface area (Å²) in [5.41, 5.74) is 4.29. The largest absolute Gasteiger partial charge is 0.305 e. The van der Waals surface area contributed by atoms with Crippen molar-refractivity contribution in [2.24, 2.45) is 0 Å². The maximum Gasteiger partial charge on any atom is 0.0388 e. The molecule has 1 aromatic rings. The summed E-state index contributed by atoms with van der Waals surface area (Å²) in [4.78, 5) is 0. The number of aryl methyl sites for hydroxylation is 2. The molecule has 0 aliphatic carbocycles. The fourth-order valence-corrected chi connectivity index (χ4v) is 1.47. The highest BCUT2D eigenvalue weighted by Gasteiger charge is 2.04. The summed E-state index contributed by atoms with van der Waals surface area (Å²) < 4.78 is 0. The van der Waals surface area contributed by atoms with E-state index in [1.807, 2.05) is 13.0 Å². The van der Waals surface area contributed by atoms with E-state index >= 15 is 0 Å². The molecule has 12 heavy (non-hydrogen) atoms. The summed E-state index contributed by atoms with van der Waals surface area (Å²) in [7, 11) is 0. The van der Waals surface area contributed by atoms with Crippen LogP contribution in [0.4, 0.5) is 0 Å². The van der Waals surface area contributed by atoms with Crippen LogP contribution in [0.5, 0.6) is 0 Å². The molecule has 1 nitrogen and oxygen atoms in total. The van der Waals surface area contributed by atoms with Gasteiger partial charge in [0.05, 0.1) is 0 Å². The molecule has 0 saturated heterocycles. The first-order valence-corrected chi connectivity index (χ1v) is 4.30. The summed E-state index contributed by atoms with van der Waals surface area (Å²) in [6.07, 6.45) is 0.811. The minimum absolute atomic E-state index is 0.741. The molecule has 64 valence electrons. The van der Waals surface area contributed by atoms with E-state index < -0.39 is 0 Å². The molecule has 0 spiro atoms. The molecular weight excluding hydrogens is 146 g/mol. The molecule has 1 N–H and O–H groups in total. The van der Waals surface area contributed by atoms with Gasteiger partial charge in [0.1, 0.15) is 0 Å². The van der Waals surface area contributed by atoms with E-state index in [1.54, 1.807) is 0 Å². The quantitative estimate of drug-likeness (QED) is 0.644. The van der Waals surface area contributed by atoms with Crippen molar-refractivity contribution in [3.05, 3.63) is 34.9 Å². The lowest BCUT2D eigenvalue weighted by atomic mass is 9.97. The van der Waals surface area contributed by atoms with Crippen molar-refractivity contribution in [3.63, 3.8) is 0 Å². The lowest BCUT2D eigenvalue weighted by Gasteiger charge is -2.08. The van der Waals surface area contributed by atoms with Crippen LogP contribution >= 0.6 is 0 Å².